The SMILES string of the molecule is CC[C@@H]1CC[C@@]2(C)[C@@H](C1)C[C@@H](O[Si](CC)(CC)CC)C1[C@@H]2C[C@H](CC)[C@]2(C)[C@@H]([C@H](C)CCC=O)CC[C@@H]12.CC[Si](=O)CC.CC[Si](=O)CC. The molecule has 4 aliphatic carbocycles. The number of fused-ring (bicyclic) bond motifs is 5. The highest BCUT2D eigenvalue weighted by atomic mass is 28.4. The first-order chi connectivity index (χ1) is 23.3. The third kappa shape index (κ3) is 10.3. The van der Waals surface area contributed by atoms with Crippen LogP contribution < -0.4 is 0 Å². The summed E-state index contributed by atoms with van der Waals surface area (Å²) < 4.78 is 28.4. The van der Waals surface area contributed by atoms with E-state index in [0.29, 0.717) is 22.9 Å². The zero-order chi connectivity index (χ0) is 37.0. The average Bonchev–Trinajstić information content (AvgIpc) is 3.49. The Morgan fingerprint density at radius 2 is 1.35 bits per heavy atom. The number of carbonyl (C=O) groups is 1. The molecule has 0 aromatic carbocycles. The van der Waals surface area contributed by atoms with Crippen LogP contribution in [-0.4, -0.2) is 38.1 Å². The van der Waals surface area contributed by atoms with E-state index >= 15 is 0 Å². The van der Waals surface area contributed by atoms with Gasteiger partial charge < -0.3 is 18.1 Å². The summed E-state index contributed by atoms with van der Waals surface area (Å²) in [6.45, 7) is 28.0. The summed E-state index contributed by atoms with van der Waals surface area (Å²) in [6.07, 6.45) is 16.1. The van der Waals surface area contributed by atoms with Gasteiger partial charge in [-0.25, -0.2) is 0 Å². The first kappa shape index (κ1) is 45.0. The molecule has 0 amide bonds. The molecule has 1 unspecified atom stereocenters. The molecule has 4 nitrogen and oxygen atoms in total. The van der Waals surface area contributed by atoms with Crippen LogP contribution in [0.1, 0.15) is 154 Å². The first-order valence-electron chi connectivity index (χ1n) is 21.4. The summed E-state index contributed by atoms with van der Waals surface area (Å²) in [4.78, 5) is 11.3. The summed E-state index contributed by atoms with van der Waals surface area (Å²) in [5, 5.41) is 0. The lowest BCUT2D eigenvalue weighted by Gasteiger charge is -2.66. The molecule has 0 saturated heterocycles. The van der Waals surface area contributed by atoms with Crippen molar-refractivity contribution in [3.63, 3.8) is 0 Å². The number of carbonyl (C=O) groups excluding carboxylic acids is 1. The van der Waals surface area contributed by atoms with Gasteiger partial charge in [0, 0.05) is 12.5 Å². The fourth-order valence-corrected chi connectivity index (χ4v) is 15.7. The van der Waals surface area contributed by atoms with Crippen LogP contribution in [0.15, 0.2) is 0 Å². The lowest BCUT2D eigenvalue weighted by molar-refractivity contribution is -0.185. The molecule has 0 heterocycles. The summed E-state index contributed by atoms with van der Waals surface area (Å²) in [7, 11) is -3.91. The molecule has 49 heavy (non-hydrogen) atoms. The molecule has 0 aromatic heterocycles. The molecule has 7 heteroatoms. The van der Waals surface area contributed by atoms with E-state index in [4.69, 9.17) is 4.43 Å². The highest BCUT2D eigenvalue weighted by Crippen LogP contribution is 2.71. The second kappa shape index (κ2) is 20.9. The van der Waals surface area contributed by atoms with Crippen LogP contribution in [0.4, 0.5) is 0 Å². The number of aldehydes is 1. The molecule has 0 aliphatic heterocycles. The van der Waals surface area contributed by atoms with Gasteiger partial charge in [0.05, 0.1) is 0 Å². The van der Waals surface area contributed by atoms with Gasteiger partial charge in [0.1, 0.15) is 6.29 Å². The topological polar surface area (TPSA) is 60.4 Å². The van der Waals surface area contributed by atoms with E-state index in [1.165, 1.54) is 75.9 Å². The van der Waals surface area contributed by atoms with Gasteiger partial charge in [-0.1, -0.05) is 95.9 Å². The van der Waals surface area contributed by atoms with E-state index in [0.717, 1.165) is 84.7 Å². The first-order valence-corrected chi connectivity index (χ1v) is 27.6. The lowest BCUT2D eigenvalue weighted by Crippen LogP contribution is -2.62. The molecule has 0 N–H and O–H groups in total. The van der Waals surface area contributed by atoms with Crippen LogP contribution >= 0.6 is 0 Å². The standard InChI is InChI=1S/C34H62O2Si.2C4H10OSi/c1-9-25-18-19-33(7)27(21-25)23-31(36-37(11-3,12-4)13-5)32-29-17-16-28(24(6)15-14-20-35)34(29,8)26(10-2)22-30(32)33;2*1-3-6(5)4-2/h20,24-32H,9-19,21-23H2,1-8H3;2*3-4H2,1-2H3/t24-,25-,26+,27+,28-,29+,30+,31-,32?,33+,34-;;/m1../s1. The van der Waals surface area contributed by atoms with Crippen molar-refractivity contribution in [2.24, 2.45) is 58.2 Å². The van der Waals surface area contributed by atoms with Gasteiger partial charge in [-0.2, -0.15) is 0 Å². The van der Waals surface area contributed by atoms with Gasteiger partial charge in [0.2, 0.25) is 0 Å². The predicted octanol–water partition coefficient (Wildman–Crippen LogP) is 12.8. The minimum atomic E-state index is -1.68. The summed E-state index contributed by atoms with van der Waals surface area (Å²) in [5.41, 5.74) is 0.930. The van der Waals surface area contributed by atoms with E-state index in [1.54, 1.807) is 0 Å². The molecular weight excluding hydrogens is 653 g/mol. The highest BCUT2D eigenvalue weighted by Gasteiger charge is 2.66. The van der Waals surface area contributed by atoms with Crippen LogP contribution in [0.2, 0.25) is 42.3 Å². The molecule has 4 fully saturated rings. The monoisotopic (exact) mass is 735 g/mol. The Kier molecular flexibility index (Phi) is 19.3. The molecule has 4 rings (SSSR count). The molecule has 0 bridgehead atoms. The van der Waals surface area contributed by atoms with Crippen molar-refractivity contribution < 1.29 is 18.1 Å². The van der Waals surface area contributed by atoms with Crippen molar-refractivity contribution in [3.8, 4) is 0 Å². The smallest absolute Gasteiger partial charge is 0.276 e. The van der Waals surface area contributed by atoms with Gasteiger partial charge in [-0.05, 0) is 152 Å². The minimum absolute atomic E-state index is 0.415. The van der Waals surface area contributed by atoms with Crippen molar-refractivity contribution in [1.29, 1.82) is 0 Å². The zero-order valence-corrected chi connectivity index (χ0v) is 37.6. The van der Waals surface area contributed by atoms with E-state index in [9.17, 15) is 13.7 Å². The van der Waals surface area contributed by atoms with Crippen LogP contribution in [0.25, 0.3) is 0 Å². The third-order valence-corrected chi connectivity index (χ3v) is 23.4. The Balaban J connectivity index is 0.000000594. The van der Waals surface area contributed by atoms with Crippen molar-refractivity contribution in [1.82, 2.24) is 0 Å². The zero-order valence-electron chi connectivity index (χ0n) is 34.6. The molecular formula is C42H82O4Si3. The fourth-order valence-electron chi connectivity index (χ4n) is 11.8. The summed E-state index contributed by atoms with van der Waals surface area (Å²) >= 11 is 0. The highest BCUT2D eigenvalue weighted by molar-refractivity contribution is 6.73. The Labute approximate surface area is 309 Å². The summed E-state index contributed by atoms with van der Waals surface area (Å²) in [5.74, 6) is 6.47. The maximum absolute atomic E-state index is 11.3. The van der Waals surface area contributed by atoms with Crippen molar-refractivity contribution in [2.75, 3.05) is 0 Å². The number of hydrogen-bond donors (Lipinski definition) is 0. The molecule has 0 radical (unpaired) electrons. The molecule has 4 saturated carbocycles. The van der Waals surface area contributed by atoms with Gasteiger partial charge in [0.25, 0.3) is 17.4 Å². The van der Waals surface area contributed by atoms with E-state index < -0.39 is 25.7 Å². The Morgan fingerprint density at radius 3 is 1.80 bits per heavy atom. The predicted molar refractivity (Wildman–Crippen MR) is 215 cm³/mol. The quantitative estimate of drug-likeness (QED) is 0.124. The van der Waals surface area contributed by atoms with Crippen LogP contribution in [0.5, 0.6) is 0 Å². The Hall–Kier alpha value is -0.119. The minimum Gasteiger partial charge on any atom is -0.414 e. The van der Waals surface area contributed by atoms with E-state index in [1.807, 2.05) is 27.7 Å². The van der Waals surface area contributed by atoms with Crippen LogP contribution in [0.3, 0.4) is 0 Å². The molecule has 286 valence electrons. The van der Waals surface area contributed by atoms with E-state index in [2.05, 4.69) is 55.4 Å². The number of rotatable bonds is 15. The van der Waals surface area contributed by atoms with Crippen LogP contribution in [-0.2, 0) is 18.1 Å². The van der Waals surface area contributed by atoms with E-state index in [-0.39, 0.29) is 0 Å². The maximum Gasteiger partial charge on any atom is 0.276 e. The third-order valence-electron chi connectivity index (χ3n) is 15.6. The van der Waals surface area contributed by atoms with Gasteiger partial charge in [-0.15, -0.1) is 0 Å². The largest absolute Gasteiger partial charge is 0.414 e. The Morgan fingerprint density at radius 1 is 0.776 bits per heavy atom. The Bertz CT molecular complexity index is 980. The maximum atomic E-state index is 11.3. The fraction of sp³-hybridized carbons (Fsp3) is 0.976. The number of hydrogen-bond acceptors (Lipinski definition) is 4. The van der Waals surface area contributed by atoms with Crippen molar-refractivity contribution >= 4 is 32.0 Å². The molecule has 11 atom stereocenters. The molecule has 0 spiro atoms. The molecule has 4 aliphatic rings. The van der Waals surface area contributed by atoms with Gasteiger partial charge in [-0.3, -0.25) is 0 Å². The normalized spacial score (nSPS) is 35.7. The molecule has 0 aromatic rings. The van der Waals surface area contributed by atoms with Gasteiger partial charge in [0.15, 0.2) is 8.32 Å². The average molecular weight is 735 g/mol. The van der Waals surface area contributed by atoms with Crippen molar-refractivity contribution in [2.45, 2.75) is 202 Å². The van der Waals surface area contributed by atoms with Crippen LogP contribution in [0, 0.1) is 58.2 Å². The van der Waals surface area contributed by atoms with Crippen molar-refractivity contribution in [3.05, 3.63) is 0 Å². The lowest BCUT2D eigenvalue weighted by atomic mass is 9.41. The second-order valence-corrected chi connectivity index (χ2v) is 27.0. The second-order valence-electron chi connectivity index (χ2n) is 17.3. The summed E-state index contributed by atoms with van der Waals surface area (Å²) in [6, 6.07) is 7.33. The van der Waals surface area contributed by atoms with Gasteiger partial charge >= 0.3 is 0 Å².